The lowest BCUT2D eigenvalue weighted by molar-refractivity contribution is -0.0515. The van der Waals surface area contributed by atoms with Crippen LogP contribution in [0.25, 0.3) is 0 Å². The van der Waals surface area contributed by atoms with Crippen molar-refractivity contribution in [3.05, 3.63) is 52.0 Å². The second-order valence-electron chi connectivity index (χ2n) is 4.63. The van der Waals surface area contributed by atoms with Crippen LogP contribution < -0.4 is 14.8 Å². The van der Waals surface area contributed by atoms with E-state index in [1.807, 2.05) is 13.0 Å². The molecule has 0 saturated heterocycles. The highest BCUT2D eigenvalue weighted by Gasteiger charge is 2.20. The second kappa shape index (κ2) is 7.41. The van der Waals surface area contributed by atoms with Gasteiger partial charge in [-0.3, -0.25) is 4.79 Å². The maximum Gasteiger partial charge on any atom is 0.387 e. The molecule has 0 atom stereocenters. The molecule has 2 rings (SSSR count). The van der Waals surface area contributed by atoms with E-state index in [2.05, 4.69) is 26.0 Å². The Labute approximate surface area is 140 Å². The van der Waals surface area contributed by atoms with Crippen LogP contribution in [0.4, 0.5) is 14.5 Å². The van der Waals surface area contributed by atoms with Crippen LogP contribution in [0, 0.1) is 6.92 Å². The molecule has 0 heterocycles. The monoisotopic (exact) mass is 385 g/mol. The zero-order valence-electron chi connectivity index (χ0n) is 12.4. The topological polar surface area (TPSA) is 47.6 Å². The molecule has 0 fully saturated rings. The maximum atomic E-state index is 12.6. The summed E-state index contributed by atoms with van der Waals surface area (Å²) >= 11 is 3.33. The smallest absolute Gasteiger partial charge is 0.387 e. The Balaban J connectivity index is 2.35. The summed E-state index contributed by atoms with van der Waals surface area (Å²) in [5, 5.41) is 2.68. The lowest BCUT2D eigenvalue weighted by Crippen LogP contribution is -2.16. The summed E-state index contributed by atoms with van der Waals surface area (Å²) in [5.74, 6) is -0.798. The number of benzene rings is 2. The Kier molecular flexibility index (Phi) is 5.54. The van der Waals surface area contributed by atoms with E-state index in [0.29, 0.717) is 5.69 Å². The standard InChI is InChI=1S/C16H14BrF2NO3/c1-9-8-10(17)6-7-12(9)20-15(21)11-4-3-5-13(22-2)14(11)23-16(18)19/h3-8,16H,1-2H3,(H,20,21). The fourth-order valence-electron chi connectivity index (χ4n) is 2.02. The average molecular weight is 386 g/mol. The van der Waals surface area contributed by atoms with E-state index in [9.17, 15) is 13.6 Å². The van der Waals surface area contributed by atoms with E-state index in [1.165, 1.54) is 25.3 Å². The van der Waals surface area contributed by atoms with Crippen LogP contribution in [0.2, 0.25) is 0 Å². The predicted octanol–water partition coefficient (Wildman–Crippen LogP) is 4.62. The van der Waals surface area contributed by atoms with Gasteiger partial charge in [0.2, 0.25) is 0 Å². The molecule has 0 unspecified atom stereocenters. The number of methoxy groups -OCH3 is 1. The number of nitrogens with one attached hydrogen (secondary N) is 1. The molecule has 1 amide bonds. The summed E-state index contributed by atoms with van der Waals surface area (Å²) in [4.78, 5) is 12.4. The van der Waals surface area contributed by atoms with Crippen LogP contribution >= 0.6 is 15.9 Å². The number of para-hydroxylation sites is 1. The maximum absolute atomic E-state index is 12.6. The van der Waals surface area contributed by atoms with E-state index in [0.717, 1.165) is 10.0 Å². The number of alkyl halides is 2. The van der Waals surface area contributed by atoms with Gasteiger partial charge >= 0.3 is 6.61 Å². The van der Waals surface area contributed by atoms with Gasteiger partial charge in [0.25, 0.3) is 5.91 Å². The Bertz CT molecular complexity index is 722. The predicted molar refractivity (Wildman–Crippen MR) is 86.5 cm³/mol. The van der Waals surface area contributed by atoms with Crippen molar-refractivity contribution < 1.29 is 23.0 Å². The van der Waals surface area contributed by atoms with Crippen molar-refractivity contribution in [3.8, 4) is 11.5 Å². The van der Waals surface area contributed by atoms with Crippen molar-refractivity contribution >= 4 is 27.5 Å². The molecule has 0 spiro atoms. The van der Waals surface area contributed by atoms with Gasteiger partial charge in [0, 0.05) is 10.2 Å². The molecule has 0 aromatic heterocycles. The molecule has 0 radical (unpaired) electrons. The first-order chi connectivity index (χ1) is 10.9. The molecule has 2 aromatic rings. The number of aryl methyl sites for hydroxylation is 1. The third-order valence-electron chi connectivity index (χ3n) is 3.09. The van der Waals surface area contributed by atoms with Crippen LogP contribution in [-0.4, -0.2) is 19.6 Å². The van der Waals surface area contributed by atoms with Crippen molar-refractivity contribution in [2.24, 2.45) is 0 Å². The minimum atomic E-state index is -3.06. The van der Waals surface area contributed by atoms with Gasteiger partial charge in [0.1, 0.15) is 0 Å². The Morgan fingerprint density at radius 3 is 2.61 bits per heavy atom. The van der Waals surface area contributed by atoms with Crippen molar-refractivity contribution in [2.75, 3.05) is 12.4 Å². The van der Waals surface area contributed by atoms with Gasteiger partial charge in [-0.05, 0) is 42.8 Å². The molecule has 0 bridgehead atoms. The summed E-state index contributed by atoms with van der Waals surface area (Å²) in [6, 6.07) is 9.68. The third-order valence-corrected chi connectivity index (χ3v) is 3.58. The first-order valence-electron chi connectivity index (χ1n) is 6.61. The molecule has 0 aliphatic rings. The number of carbonyl (C=O) groups is 1. The van der Waals surface area contributed by atoms with Crippen LogP contribution in [0.15, 0.2) is 40.9 Å². The number of hydrogen-bond donors (Lipinski definition) is 1. The number of ether oxygens (including phenoxy) is 2. The van der Waals surface area contributed by atoms with E-state index < -0.39 is 12.5 Å². The van der Waals surface area contributed by atoms with E-state index in [4.69, 9.17) is 4.74 Å². The van der Waals surface area contributed by atoms with Gasteiger partial charge in [0.15, 0.2) is 11.5 Å². The van der Waals surface area contributed by atoms with Crippen LogP contribution in [0.3, 0.4) is 0 Å². The fourth-order valence-corrected chi connectivity index (χ4v) is 2.50. The summed E-state index contributed by atoms with van der Waals surface area (Å²) in [7, 11) is 1.31. The highest BCUT2D eigenvalue weighted by Crippen LogP contribution is 2.33. The Hall–Kier alpha value is -2.15. The molecular weight excluding hydrogens is 372 g/mol. The summed E-state index contributed by atoms with van der Waals surface area (Å²) in [6.45, 7) is -1.24. The normalized spacial score (nSPS) is 10.5. The molecule has 0 aliphatic carbocycles. The van der Waals surface area contributed by atoms with E-state index in [-0.39, 0.29) is 17.1 Å². The average Bonchev–Trinajstić information content (AvgIpc) is 2.49. The molecule has 7 heteroatoms. The molecule has 0 aliphatic heterocycles. The zero-order valence-corrected chi connectivity index (χ0v) is 14.0. The summed E-state index contributed by atoms with van der Waals surface area (Å²) in [5.41, 5.74) is 1.36. The zero-order chi connectivity index (χ0) is 17.0. The van der Waals surface area contributed by atoms with Gasteiger partial charge in [-0.15, -0.1) is 0 Å². The quantitative estimate of drug-likeness (QED) is 0.816. The van der Waals surface area contributed by atoms with Crippen molar-refractivity contribution in [2.45, 2.75) is 13.5 Å². The van der Waals surface area contributed by atoms with Crippen molar-refractivity contribution in [3.63, 3.8) is 0 Å². The van der Waals surface area contributed by atoms with Gasteiger partial charge in [0.05, 0.1) is 12.7 Å². The van der Waals surface area contributed by atoms with Crippen molar-refractivity contribution in [1.29, 1.82) is 0 Å². The summed E-state index contributed by atoms with van der Waals surface area (Å²) in [6.07, 6.45) is 0. The van der Waals surface area contributed by atoms with E-state index >= 15 is 0 Å². The molecule has 122 valence electrons. The number of anilines is 1. The van der Waals surface area contributed by atoms with Gasteiger partial charge in [-0.25, -0.2) is 0 Å². The first-order valence-corrected chi connectivity index (χ1v) is 7.41. The van der Waals surface area contributed by atoms with Crippen molar-refractivity contribution in [1.82, 2.24) is 0 Å². The third kappa shape index (κ3) is 4.19. The van der Waals surface area contributed by atoms with Crippen LogP contribution in [-0.2, 0) is 0 Å². The molecule has 23 heavy (non-hydrogen) atoms. The van der Waals surface area contributed by atoms with Crippen LogP contribution in [0.1, 0.15) is 15.9 Å². The number of amides is 1. The molecule has 2 aromatic carbocycles. The second-order valence-corrected chi connectivity index (χ2v) is 5.54. The highest BCUT2D eigenvalue weighted by molar-refractivity contribution is 9.10. The van der Waals surface area contributed by atoms with E-state index in [1.54, 1.807) is 12.1 Å². The number of hydrogen-bond acceptors (Lipinski definition) is 3. The minimum absolute atomic E-state index is 0.0352. The first kappa shape index (κ1) is 17.2. The van der Waals surface area contributed by atoms with Gasteiger partial charge in [-0.2, -0.15) is 8.78 Å². The molecule has 4 nitrogen and oxygen atoms in total. The molecule has 0 saturated carbocycles. The molecule has 1 N–H and O–H groups in total. The Morgan fingerprint density at radius 2 is 2.00 bits per heavy atom. The lowest BCUT2D eigenvalue weighted by Gasteiger charge is -2.15. The number of carbonyl (C=O) groups excluding carboxylic acids is 1. The Morgan fingerprint density at radius 1 is 1.26 bits per heavy atom. The minimum Gasteiger partial charge on any atom is -0.493 e. The largest absolute Gasteiger partial charge is 0.493 e. The highest BCUT2D eigenvalue weighted by atomic mass is 79.9. The fraction of sp³-hybridized carbons (Fsp3) is 0.188. The van der Waals surface area contributed by atoms with Crippen LogP contribution in [0.5, 0.6) is 11.5 Å². The number of rotatable bonds is 5. The van der Waals surface area contributed by atoms with Gasteiger partial charge in [-0.1, -0.05) is 22.0 Å². The number of halogens is 3. The van der Waals surface area contributed by atoms with Gasteiger partial charge < -0.3 is 14.8 Å². The lowest BCUT2D eigenvalue weighted by atomic mass is 10.1. The molecular formula is C16H14BrF2NO3. The SMILES string of the molecule is COc1cccc(C(=O)Nc2ccc(Br)cc2C)c1OC(F)F. The summed E-state index contributed by atoms with van der Waals surface area (Å²) < 4.78 is 35.5.